The highest BCUT2D eigenvalue weighted by Gasteiger charge is 2.63. The van der Waals surface area contributed by atoms with Crippen molar-refractivity contribution in [3.8, 4) is 0 Å². The Balaban J connectivity index is 0.000000163. The Hall–Kier alpha value is -10.6. The maximum Gasteiger partial charge on any atom is 0.338 e. The Morgan fingerprint density at radius 2 is 0.630 bits per heavy atom. The lowest BCUT2D eigenvalue weighted by Gasteiger charge is -2.43. The van der Waals surface area contributed by atoms with Crippen molar-refractivity contribution in [1.29, 1.82) is 0 Å². The maximum atomic E-state index is 14.9. The number of aliphatic hydroxyl groups excluding tert-OH is 4. The largest absolute Gasteiger partial charge is 0.480 e. The van der Waals surface area contributed by atoms with Gasteiger partial charge in [0.25, 0.3) is 23.7 Å². The zero-order chi connectivity index (χ0) is 106. The minimum absolute atomic E-state index is 0.0450. The first kappa shape index (κ1) is 113. The summed E-state index contributed by atoms with van der Waals surface area (Å²) in [5.74, 6) is -23.8. The molecule has 0 spiro atoms. The number of halogens is 16. The zero-order valence-corrected chi connectivity index (χ0v) is 85.0. The number of thiazole rings is 4. The number of aliphatic imine (C=N–C) groups is 4. The van der Waals surface area contributed by atoms with Crippen molar-refractivity contribution in [2.24, 2.45) is 20.0 Å². The first-order valence-corrected chi connectivity index (χ1v) is 50.4. The van der Waals surface area contributed by atoms with Crippen LogP contribution in [-0.4, -0.2) is 308 Å². The van der Waals surface area contributed by atoms with Crippen LogP contribution in [0.1, 0.15) is 107 Å². The number of esters is 4. The number of aliphatic hydroxyl groups is 4. The van der Waals surface area contributed by atoms with Gasteiger partial charge in [-0.3, -0.25) is 39.6 Å². The number of alkyl halides is 8. The minimum Gasteiger partial charge on any atom is -0.480 e. The standard InChI is InChI=1S/C24H22BrF5N4O5S.C24H22ClF5N4O5S.C22H24BrFN4O4S.C22H24ClFN4O4S/c2*1-2-38-21(37)17-15(8-34-10-23(27,28)22(24(29,30)11-34)39-9-16(35)36)32-19(20-31-5-6-40-20)33-18(17)13-4-3-12(26)7-14(13)25;2*1-2-32-22(31)18-17(11-28-9-13(29)8-14(30)10-28)26-20(21-25-5-6-33-21)27-19(18)15-4-3-12(24)7-16(15)23/h2*3-7,18,22H,2,8-11H2,1H3,(H,32,33)(H,35,36);2*3-7,13-14,19,29-30H,2,8-11H2,1H3,(H,26,27). The van der Waals surface area contributed by atoms with Crippen molar-refractivity contribution >= 4 is 160 Å². The van der Waals surface area contributed by atoms with Crippen molar-refractivity contribution in [3.05, 3.63) is 249 Å². The van der Waals surface area contributed by atoms with Crippen molar-refractivity contribution in [2.45, 2.75) is 125 Å². The number of rotatable bonds is 30. The molecule has 0 bridgehead atoms. The van der Waals surface area contributed by atoms with Gasteiger partial charge in [0.2, 0.25) is 0 Å². The molecule has 4 saturated heterocycles. The number of aliphatic carboxylic acids is 2. The first-order valence-electron chi connectivity index (χ1n) is 44.5. The average molecular weight is 2300 g/mol. The van der Waals surface area contributed by atoms with Crippen molar-refractivity contribution in [1.82, 2.24) is 60.8 Å². The lowest BCUT2D eigenvalue weighted by atomic mass is 9.94. The van der Waals surface area contributed by atoms with Crippen LogP contribution in [0.25, 0.3) is 0 Å². The molecular formula is C92H92Br2Cl2F12N16O18S4. The molecule has 0 saturated carbocycles. The fraction of sp³-hybridized carbons (Fsp3) is 0.413. The van der Waals surface area contributed by atoms with E-state index in [1.54, 1.807) is 55.4 Å². The molecule has 8 aliphatic heterocycles. The number of carbonyl (C=O) groups is 6. The Kier molecular flexibility index (Phi) is 38.3. The lowest BCUT2D eigenvalue weighted by molar-refractivity contribution is -0.268. The molecule has 8 aliphatic rings. The SMILES string of the molecule is CCOC(=O)C1=C(CN2CC(F)(F)C(OCC(=O)O)C(F)(F)C2)NC(c2nccs2)=NC1c1ccc(F)cc1Br.CCOC(=O)C1=C(CN2CC(F)(F)C(OCC(=O)O)C(F)(F)C2)NC(c2nccs2)=NC1c1ccc(F)cc1Cl.CCOC(=O)C1=C(CN2CC(O)CC(O)C2)NC(c2nccs2)=NC1c1ccc(F)cc1Br.CCOC(=O)C1=C(CN2CC(O)CC(O)C2)NC(c2nccs2)=NC1c1ccc(F)cc1Cl. The number of aromatic nitrogens is 4. The molecule has 784 valence electrons. The fourth-order valence-corrected chi connectivity index (χ4v) is 21.0. The van der Waals surface area contributed by atoms with E-state index < -0.39 is 196 Å². The molecule has 8 atom stereocenters. The van der Waals surface area contributed by atoms with Crippen LogP contribution in [0.2, 0.25) is 10.0 Å². The second-order valence-corrected chi connectivity index (χ2v) is 39.6. The molecule has 4 aromatic carbocycles. The van der Waals surface area contributed by atoms with Crippen molar-refractivity contribution in [3.63, 3.8) is 0 Å². The Morgan fingerprint density at radius 1 is 0.390 bits per heavy atom. The summed E-state index contributed by atoms with van der Waals surface area (Å²) in [6, 6.07) is 11.3. The van der Waals surface area contributed by atoms with E-state index >= 15 is 0 Å². The summed E-state index contributed by atoms with van der Waals surface area (Å²) in [4.78, 5) is 115. The molecule has 10 N–H and O–H groups in total. The summed E-state index contributed by atoms with van der Waals surface area (Å²) >= 11 is 24.4. The number of carboxylic acid groups (broad SMARTS) is 2. The number of hydrogen-bond donors (Lipinski definition) is 10. The van der Waals surface area contributed by atoms with E-state index in [1.165, 1.54) is 95.8 Å². The summed E-state index contributed by atoms with van der Waals surface area (Å²) in [6.45, 7) is -0.218. The van der Waals surface area contributed by atoms with Gasteiger partial charge in [0.1, 0.15) is 60.7 Å². The summed E-state index contributed by atoms with van der Waals surface area (Å²) in [6.07, 6.45) is -1.76. The molecule has 54 heteroatoms. The summed E-state index contributed by atoms with van der Waals surface area (Å²) in [7, 11) is 0. The van der Waals surface area contributed by atoms with Crippen LogP contribution >= 0.6 is 100 Å². The number of piperidine rings is 4. The molecule has 0 radical (unpaired) electrons. The van der Waals surface area contributed by atoms with Gasteiger partial charge in [-0.25, -0.2) is 101 Å². The quantitative estimate of drug-likeness (QED) is 0.0114. The van der Waals surface area contributed by atoms with Crippen LogP contribution in [0.3, 0.4) is 0 Å². The van der Waals surface area contributed by atoms with Gasteiger partial charge >= 0.3 is 35.8 Å². The van der Waals surface area contributed by atoms with Gasteiger partial charge < -0.3 is 80.3 Å². The van der Waals surface area contributed by atoms with Gasteiger partial charge in [0.15, 0.2) is 55.6 Å². The molecule has 146 heavy (non-hydrogen) atoms. The zero-order valence-electron chi connectivity index (χ0n) is 77.1. The van der Waals surface area contributed by atoms with E-state index in [9.17, 15) is 102 Å². The number of likely N-dealkylation sites (tertiary alicyclic amines) is 4. The van der Waals surface area contributed by atoms with Crippen LogP contribution in [-0.2, 0) is 57.2 Å². The van der Waals surface area contributed by atoms with E-state index in [2.05, 4.69) is 92.5 Å². The van der Waals surface area contributed by atoms with Gasteiger partial charge in [-0.2, -0.15) is 0 Å². The number of hydrogen-bond acceptors (Lipinski definition) is 36. The van der Waals surface area contributed by atoms with Crippen LogP contribution < -0.4 is 21.3 Å². The molecule has 0 aliphatic carbocycles. The van der Waals surface area contributed by atoms with Gasteiger partial charge in [-0.1, -0.05) is 79.3 Å². The maximum absolute atomic E-state index is 14.9. The topological polar surface area (TPSA) is 441 Å². The molecule has 12 heterocycles. The fourth-order valence-electron chi connectivity index (χ4n) is 17.0. The Bertz CT molecular complexity index is 5900. The molecule has 34 nitrogen and oxygen atoms in total. The second-order valence-electron chi connectivity index (χ2n) is 33.5. The molecule has 4 fully saturated rings. The minimum atomic E-state index is -4.15. The monoisotopic (exact) mass is 2290 g/mol. The number of benzene rings is 4. The highest BCUT2D eigenvalue weighted by molar-refractivity contribution is 9.10. The van der Waals surface area contributed by atoms with E-state index in [1.807, 2.05) is 15.2 Å². The van der Waals surface area contributed by atoms with Gasteiger partial charge in [-0.05, 0) is 87.4 Å². The molecular weight excluding hydrogens is 2200 g/mol. The van der Waals surface area contributed by atoms with Crippen LogP contribution in [0, 0.1) is 23.3 Å². The lowest BCUT2D eigenvalue weighted by Crippen LogP contribution is -2.64. The number of amidine groups is 4. The van der Waals surface area contributed by atoms with E-state index in [-0.39, 0.29) is 99.4 Å². The third kappa shape index (κ3) is 28.3. The van der Waals surface area contributed by atoms with Crippen molar-refractivity contribution < 1.29 is 141 Å². The number of nitrogens with zero attached hydrogens (tertiary/aromatic N) is 12. The Morgan fingerprint density at radius 3 is 0.856 bits per heavy atom. The average Bonchev–Trinajstić information content (AvgIpc) is 0.890. The van der Waals surface area contributed by atoms with E-state index in [0.29, 0.717) is 114 Å². The van der Waals surface area contributed by atoms with Crippen LogP contribution in [0.5, 0.6) is 0 Å². The van der Waals surface area contributed by atoms with Crippen LogP contribution in [0.4, 0.5) is 52.7 Å². The third-order valence-corrected chi connectivity index (χ3v) is 27.7. The molecule has 8 aromatic rings. The molecule has 8 unspecified atom stereocenters. The van der Waals surface area contributed by atoms with Gasteiger partial charge in [-0.15, -0.1) is 45.3 Å². The molecule has 4 aromatic heterocycles. The highest BCUT2D eigenvalue weighted by Crippen LogP contribution is 2.47. The molecule has 0 amide bonds. The normalized spacial score (nSPS) is 22.3. The third-order valence-electron chi connectivity index (χ3n) is 22.6. The smallest absolute Gasteiger partial charge is 0.338 e. The number of carboxylic acids is 2. The summed E-state index contributed by atoms with van der Waals surface area (Å²) in [5.41, 5.74) is 2.65. The van der Waals surface area contributed by atoms with Crippen LogP contribution in [0.15, 0.2) is 193 Å². The highest BCUT2D eigenvalue weighted by atomic mass is 79.9. The predicted octanol–water partition coefficient (Wildman–Crippen LogP) is 12.6. The van der Waals surface area contributed by atoms with Crippen molar-refractivity contribution in [2.75, 3.05) is 118 Å². The predicted molar refractivity (Wildman–Crippen MR) is 517 cm³/mol. The summed E-state index contributed by atoms with van der Waals surface area (Å²) in [5, 5.41) is 79.0. The first-order chi connectivity index (χ1) is 69.3. The summed E-state index contributed by atoms with van der Waals surface area (Å²) < 4.78 is 205. The number of nitrogens with one attached hydrogen (secondary N) is 4. The number of ether oxygens (including phenoxy) is 6. The molecule has 16 rings (SSSR count). The van der Waals surface area contributed by atoms with Gasteiger partial charge in [0.05, 0.1) is 99.3 Å². The second kappa shape index (κ2) is 49.7. The van der Waals surface area contributed by atoms with E-state index in [4.69, 9.17) is 62.3 Å². The number of carbonyl (C=O) groups excluding carboxylic acids is 4. The van der Waals surface area contributed by atoms with Gasteiger partial charge in [0, 0.05) is 164 Å². The Labute approximate surface area is 866 Å². The number of β-amino-alcohol motifs (C(OH)–C–C–N with tert-alkyl or cyclic N) is 4. The van der Waals surface area contributed by atoms with E-state index in [0.717, 1.165) is 40.5 Å².